The van der Waals surface area contributed by atoms with Gasteiger partial charge in [0.25, 0.3) is 0 Å². The minimum atomic E-state index is -0.286. The fraction of sp³-hybridized carbons (Fsp3) is 0.292. The molecule has 5 heterocycles. The average molecular weight is 430 g/mol. The number of aromatic nitrogens is 2. The molecule has 7 heteroatoms. The Hall–Kier alpha value is -3.06. The Morgan fingerprint density at radius 2 is 1.87 bits per heavy atom. The van der Waals surface area contributed by atoms with E-state index in [4.69, 9.17) is 4.99 Å². The maximum Gasteiger partial charge on any atom is 0.248 e. The van der Waals surface area contributed by atoms with Gasteiger partial charge in [0.2, 0.25) is 5.91 Å². The molecule has 0 radical (unpaired) electrons. The Kier molecular flexibility index (Phi) is 4.38. The van der Waals surface area contributed by atoms with Crippen molar-refractivity contribution in [2.24, 2.45) is 4.99 Å². The van der Waals surface area contributed by atoms with Gasteiger partial charge in [-0.05, 0) is 49.2 Å². The molecule has 3 aliphatic heterocycles. The molecule has 6 nitrogen and oxygen atoms in total. The van der Waals surface area contributed by atoms with Crippen molar-refractivity contribution in [2.75, 3.05) is 24.2 Å². The number of hydrogen-bond acceptors (Lipinski definition) is 5. The molecule has 1 fully saturated rings. The van der Waals surface area contributed by atoms with Crippen molar-refractivity contribution in [1.29, 1.82) is 0 Å². The Morgan fingerprint density at radius 1 is 1.06 bits per heavy atom. The van der Waals surface area contributed by atoms with Crippen molar-refractivity contribution in [2.45, 2.75) is 24.4 Å². The first kappa shape index (κ1) is 18.7. The van der Waals surface area contributed by atoms with Gasteiger partial charge in [0, 0.05) is 48.7 Å². The second kappa shape index (κ2) is 7.27. The van der Waals surface area contributed by atoms with E-state index in [9.17, 15) is 4.79 Å². The molecule has 2 aromatic heterocycles. The van der Waals surface area contributed by atoms with Gasteiger partial charge in [0.05, 0.1) is 22.0 Å². The lowest BCUT2D eigenvalue weighted by molar-refractivity contribution is -0.133. The zero-order valence-corrected chi connectivity index (χ0v) is 17.9. The molecule has 1 aromatic carbocycles. The van der Waals surface area contributed by atoms with Gasteiger partial charge >= 0.3 is 0 Å². The van der Waals surface area contributed by atoms with Crippen molar-refractivity contribution >= 4 is 28.4 Å². The van der Waals surface area contributed by atoms with E-state index >= 15 is 0 Å². The summed E-state index contributed by atoms with van der Waals surface area (Å²) in [7, 11) is 0. The number of likely N-dealkylation sites (tertiary alicyclic amines) is 1. The Morgan fingerprint density at radius 3 is 2.71 bits per heavy atom. The smallest absolute Gasteiger partial charge is 0.248 e. The lowest BCUT2D eigenvalue weighted by Gasteiger charge is -2.46. The lowest BCUT2D eigenvalue weighted by Crippen LogP contribution is -2.52. The van der Waals surface area contributed by atoms with E-state index in [1.807, 2.05) is 17.0 Å². The average Bonchev–Trinajstić information content (AvgIpc) is 3.51. The molecule has 1 amide bonds. The highest BCUT2D eigenvalue weighted by atomic mass is 32.2. The van der Waals surface area contributed by atoms with E-state index in [2.05, 4.69) is 57.5 Å². The van der Waals surface area contributed by atoms with Gasteiger partial charge in [0.1, 0.15) is 6.04 Å². The number of pyridine rings is 1. The van der Waals surface area contributed by atoms with Crippen LogP contribution in [0.25, 0.3) is 5.69 Å². The highest BCUT2D eigenvalue weighted by Gasteiger charge is 2.43. The zero-order chi connectivity index (χ0) is 20.8. The van der Waals surface area contributed by atoms with Crippen LogP contribution in [0.15, 0.2) is 72.1 Å². The van der Waals surface area contributed by atoms with E-state index in [0.29, 0.717) is 5.75 Å². The van der Waals surface area contributed by atoms with Crippen LogP contribution in [0.4, 0.5) is 5.69 Å². The number of para-hydroxylation sites is 2. The predicted molar refractivity (Wildman–Crippen MR) is 124 cm³/mol. The molecule has 0 unspecified atom stereocenters. The van der Waals surface area contributed by atoms with Crippen LogP contribution in [-0.2, 0) is 10.3 Å². The monoisotopic (exact) mass is 429 g/mol. The fourth-order valence-corrected chi connectivity index (χ4v) is 5.98. The Balaban J connectivity index is 1.19. The van der Waals surface area contributed by atoms with Gasteiger partial charge in [-0.1, -0.05) is 12.1 Å². The predicted octanol–water partition coefficient (Wildman–Crippen LogP) is 3.68. The SMILES string of the molecule is O=C([C@H]1CSC(c2ccncc2)=N1)N1CCC2(CC1)Nc1ccccc1-n1cccc12. The van der Waals surface area contributed by atoms with E-state index in [0.717, 1.165) is 42.2 Å². The standard InChI is InChI=1S/C24H23N5OS/c30-23(19-16-31-22(26-19)17-7-11-25-12-8-17)28-14-9-24(10-15-28)21-6-3-13-29(21)20-5-2-1-4-18(20)27-24/h1-8,11-13,19,27H,9-10,14-16H2/t19-/m1/s1. The van der Waals surface area contributed by atoms with Crippen LogP contribution < -0.4 is 5.32 Å². The van der Waals surface area contributed by atoms with Crippen LogP contribution in [0, 0.1) is 0 Å². The summed E-state index contributed by atoms with van der Waals surface area (Å²) in [5, 5.41) is 4.76. The topological polar surface area (TPSA) is 62.5 Å². The molecule has 3 aliphatic rings. The van der Waals surface area contributed by atoms with Gasteiger partial charge in [-0.15, -0.1) is 11.8 Å². The Labute approximate surface area is 185 Å². The number of rotatable bonds is 2. The summed E-state index contributed by atoms with van der Waals surface area (Å²) < 4.78 is 2.29. The number of amides is 1. The van der Waals surface area contributed by atoms with Crippen LogP contribution in [0.2, 0.25) is 0 Å². The second-order valence-electron chi connectivity index (χ2n) is 8.31. The molecule has 0 saturated carbocycles. The van der Waals surface area contributed by atoms with Crippen LogP contribution in [0.3, 0.4) is 0 Å². The molecule has 0 bridgehead atoms. The number of hydrogen-bond donors (Lipinski definition) is 1. The van der Waals surface area contributed by atoms with E-state index in [1.165, 1.54) is 11.4 Å². The normalized spacial score (nSPS) is 21.2. The third-order valence-electron chi connectivity index (χ3n) is 6.57. The van der Waals surface area contributed by atoms with Gasteiger partial charge < -0.3 is 14.8 Å². The molecule has 1 saturated heterocycles. The van der Waals surface area contributed by atoms with Gasteiger partial charge in [-0.3, -0.25) is 14.8 Å². The molecule has 1 atom stereocenters. The number of aliphatic imine (C=N–C) groups is 1. The molecule has 1 spiro atoms. The van der Waals surface area contributed by atoms with Gasteiger partial charge in [-0.25, -0.2) is 0 Å². The number of piperidine rings is 1. The van der Waals surface area contributed by atoms with Crippen LogP contribution in [-0.4, -0.2) is 50.3 Å². The van der Waals surface area contributed by atoms with E-state index in [1.54, 1.807) is 24.2 Å². The van der Waals surface area contributed by atoms with Crippen LogP contribution in [0.1, 0.15) is 24.1 Å². The third kappa shape index (κ3) is 3.07. The first-order chi connectivity index (χ1) is 15.2. The van der Waals surface area contributed by atoms with Crippen LogP contribution in [0.5, 0.6) is 0 Å². The minimum absolute atomic E-state index is 0.134. The van der Waals surface area contributed by atoms with Crippen molar-refractivity contribution < 1.29 is 4.79 Å². The van der Waals surface area contributed by atoms with Crippen molar-refractivity contribution in [3.05, 3.63) is 78.4 Å². The summed E-state index contributed by atoms with van der Waals surface area (Å²) in [5.41, 5.74) is 4.54. The summed E-state index contributed by atoms with van der Waals surface area (Å²) in [6, 6.07) is 16.4. The molecular weight excluding hydrogens is 406 g/mol. The van der Waals surface area contributed by atoms with Crippen LogP contribution >= 0.6 is 11.8 Å². The maximum absolute atomic E-state index is 13.2. The number of anilines is 1. The summed E-state index contributed by atoms with van der Waals surface area (Å²) in [6.07, 6.45) is 7.45. The van der Waals surface area contributed by atoms with E-state index in [-0.39, 0.29) is 17.5 Å². The number of nitrogens with zero attached hydrogens (tertiary/aromatic N) is 4. The van der Waals surface area contributed by atoms with Gasteiger partial charge in [-0.2, -0.15) is 0 Å². The molecule has 3 aromatic rings. The number of benzene rings is 1. The molecule has 31 heavy (non-hydrogen) atoms. The molecule has 0 aliphatic carbocycles. The molecule has 156 valence electrons. The summed E-state index contributed by atoms with van der Waals surface area (Å²) in [5.74, 6) is 0.866. The quantitative estimate of drug-likeness (QED) is 0.675. The molecular formula is C24H23N5OS. The Bertz CT molecular complexity index is 1160. The van der Waals surface area contributed by atoms with Gasteiger partial charge in [0.15, 0.2) is 0 Å². The van der Waals surface area contributed by atoms with E-state index < -0.39 is 0 Å². The number of fused-ring (bicyclic) bond motifs is 4. The zero-order valence-electron chi connectivity index (χ0n) is 17.1. The first-order valence-corrected chi connectivity index (χ1v) is 11.7. The third-order valence-corrected chi connectivity index (χ3v) is 7.67. The number of thioether (sulfide) groups is 1. The fourth-order valence-electron chi connectivity index (χ4n) is 4.95. The number of nitrogens with one attached hydrogen (secondary N) is 1. The largest absolute Gasteiger partial charge is 0.372 e. The van der Waals surface area contributed by atoms with Crippen molar-refractivity contribution in [3.8, 4) is 5.69 Å². The maximum atomic E-state index is 13.2. The molecule has 6 rings (SSSR count). The summed E-state index contributed by atoms with van der Waals surface area (Å²) >= 11 is 1.66. The number of carbonyl (C=O) groups is 1. The first-order valence-electron chi connectivity index (χ1n) is 10.7. The lowest BCUT2D eigenvalue weighted by atomic mass is 9.82. The number of carbonyl (C=O) groups excluding carboxylic acids is 1. The minimum Gasteiger partial charge on any atom is -0.372 e. The van der Waals surface area contributed by atoms with Crippen molar-refractivity contribution in [3.63, 3.8) is 0 Å². The molecule has 1 N–H and O–H groups in total. The second-order valence-corrected chi connectivity index (χ2v) is 9.32. The highest BCUT2D eigenvalue weighted by molar-refractivity contribution is 8.14. The summed E-state index contributed by atoms with van der Waals surface area (Å²) in [4.78, 5) is 24.0. The van der Waals surface area contributed by atoms with Crippen molar-refractivity contribution in [1.82, 2.24) is 14.5 Å². The highest BCUT2D eigenvalue weighted by Crippen LogP contribution is 2.43. The summed E-state index contributed by atoms with van der Waals surface area (Å²) in [6.45, 7) is 1.47.